The van der Waals surface area contributed by atoms with Crippen LogP contribution in [-0.2, 0) is 12.2 Å². The summed E-state index contributed by atoms with van der Waals surface area (Å²) in [5, 5.41) is 12.1. The first-order chi connectivity index (χ1) is 13.2. The molecule has 0 aliphatic heterocycles. The molecule has 0 saturated heterocycles. The van der Waals surface area contributed by atoms with E-state index in [9.17, 15) is 0 Å². The minimum absolute atomic E-state index is 0.596. The highest BCUT2D eigenvalue weighted by Gasteiger charge is 2.16. The van der Waals surface area contributed by atoms with Crippen LogP contribution < -0.4 is 5.84 Å². The predicted molar refractivity (Wildman–Crippen MR) is 109 cm³/mol. The maximum atomic E-state index is 6.16. The number of furan rings is 1. The average molecular weight is 398 g/mol. The van der Waals surface area contributed by atoms with Crippen LogP contribution in [-0.4, -0.2) is 19.9 Å². The molecule has 27 heavy (non-hydrogen) atoms. The fourth-order valence-corrected chi connectivity index (χ4v) is 4.38. The van der Waals surface area contributed by atoms with Crippen LogP contribution in [0.1, 0.15) is 23.9 Å². The van der Waals surface area contributed by atoms with Crippen molar-refractivity contribution < 1.29 is 4.42 Å². The molecule has 138 valence electrons. The third-order valence-electron chi connectivity index (χ3n) is 4.27. The monoisotopic (exact) mass is 397 g/mol. The maximum absolute atomic E-state index is 6.16. The van der Waals surface area contributed by atoms with E-state index >= 15 is 0 Å². The Hall–Kier alpha value is -2.58. The number of aromatic nitrogens is 4. The van der Waals surface area contributed by atoms with Gasteiger partial charge in [0.25, 0.3) is 0 Å². The smallest absolute Gasteiger partial charge is 0.210 e. The number of hydrogen-bond donors (Lipinski definition) is 1. The molecular weight excluding hydrogens is 378 g/mol. The summed E-state index contributed by atoms with van der Waals surface area (Å²) in [5.41, 5.74) is 4.33. The van der Waals surface area contributed by atoms with Gasteiger partial charge in [0, 0.05) is 16.7 Å². The molecule has 4 aromatic rings. The summed E-state index contributed by atoms with van der Waals surface area (Å²) >= 11 is 3.17. The zero-order valence-corrected chi connectivity index (χ0v) is 16.7. The number of nitrogens with zero attached hydrogens (tertiary/aromatic N) is 4. The fraction of sp³-hybridized carbons (Fsp3) is 0.211. The summed E-state index contributed by atoms with van der Waals surface area (Å²) in [5.74, 6) is 8.21. The zero-order chi connectivity index (χ0) is 18.8. The van der Waals surface area contributed by atoms with Gasteiger partial charge in [-0.05, 0) is 25.0 Å². The summed E-state index contributed by atoms with van der Waals surface area (Å²) in [6, 6.07) is 10.4. The standard InChI is InChI=1S/C19H19N5OS2/c1-3-13-4-6-14(7-5-13)18-21-15(10-26-18)11-27-19-23-22-17(24(19)20)16-8-9-25-12(16)2/h4-10H,3,11,20H2,1-2H3. The van der Waals surface area contributed by atoms with E-state index in [4.69, 9.17) is 15.2 Å². The molecule has 0 fully saturated rings. The van der Waals surface area contributed by atoms with E-state index in [0.29, 0.717) is 16.7 Å². The van der Waals surface area contributed by atoms with Crippen LogP contribution in [0.25, 0.3) is 22.0 Å². The SMILES string of the molecule is CCc1ccc(-c2nc(CSc3nnc(-c4ccoc4C)n3N)cs2)cc1. The molecule has 3 heterocycles. The van der Waals surface area contributed by atoms with Gasteiger partial charge in [-0.1, -0.05) is 43.0 Å². The Kier molecular flexibility index (Phi) is 5.00. The van der Waals surface area contributed by atoms with Crippen molar-refractivity contribution in [2.24, 2.45) is 0 Å². The second-order valence-corrected chi connectivity index (χ2v) is 7.85. The lowest BCUT2D eigenvalue weighted by Crippen LogP contribution is -2.11. The summed E-state index contributed by atoms with van der Waals surface area (Å²) < 4.78 is 6.82. The van der Waals surface area contributed by atoms with Crippen molar-refractivity contribution in [1.29, 1.82) is 0 Å². The molecule has 0 aliphatic rings. The molecule has 0 aliphatic carbocycles. The van der Waals surface area contributed by atoms with Gasteiger partial charge in [0.1, 0.15) is 10.8 Å². The van der Waals surface area contributed by atoms with Crippen LogP contribution >= 0.6 is 23.1 Å². The molecule has 0 spiro atoms. The number of rotatable bonds is 6. The van der Waals surface area contributed by atoms with Gasteiger partial charge < -0.3 is 10.3 Å². The number of thiazole rings is 1. The fourth-order valence-electron chi connectivity index (χ4n) is 2.70. The van der Waals surface area contributed by atoms with Crippen LogP contribution in [0, 0.1) is 6.92 Å². The Bertz CT molecular complexity index is 1050. The highest BCUT2D eigenvalue weighted by atomic mass is 32.2. The van der Waals surface area contributed by atoms with Crippen LogP contribution in [0.3, 0.4) is 0 Å². The average Bonchev–Trinajstić information content (AvgIpc) is 3.41. The summed E-state index contributed by atoms with van der Waals surface area (Å²) in [7, 11) is 0. The Morgan fingerprint density at radius 3 is 2.70 bits per heavy atom. The lowest BCUT2D eigenvalue weighted by Gasteiger charge is -2.02. The first kappa shape index (κ1) is 17.8. The highest BCUT2D eigenvalue weighted by molar-refractivity contribution is 7.98. The molecule has 2 N–H and O–H groups in total. The Balaban J connectivity index is 1.46. The van der Waals surface area contributed by atoms with Gasteiger partial charge in [0.05, 0.1) is 17.5 Å². The predicted octanol–water partition coefficient (Wildman–Crippen LogP) is 4.54. The van der Waals surface area contributed by atoms with Gasteiger partial charge in [0.15, 0.2) is 5.82 Å². The number of hydrogen-bond acceptors (Lipinski definition) is 7. The molecule has 0 atom stereocenters. The number of thioether (sulfide) groups is 1. The van der Waals surface area contributed by atoms with Gasteiger partial charge >= 0.3 is 0 Å². The van der Waals surface area contributed by atoms with Crippen molar-refractivity contribution >= 4 is 23.1 Å². The van der Waals surface area contributed by atoms with Gasteiger partial charge in [-0.25, -0.2) is 9.66 Å². The van der Waals surface area contributed by atoms with Gasteiger partial charge in [-0.2, -0.15) is 0 Å². The zero-order valence-electron chi connectivity index (χ0n) is 15.0. The van der Waals surface area contributed by atoms with Crippen molar-refractivity contribution in [3.63, 3.8) is 0 Å². The summed E-state index contributed by atoms with van der Waals surface area (Å²) in [6.07, 6.45) is 2.66. The molecular formula is C19H19N5OS2. The van der Waals surface area contributed by atoms with Crippen LogP contribution in [0.2, 0.25) is 0 Å². The lowest BCUT2D eigenvalue weighted by atomic mass is 10.1. The highest BCUT2D eigenvalue weighted by Crippen LogP contribution is 2.29. The van der Waals surface area contributed by atoms with Crippen molar-refractivity contribution in [1.82, 2.24) is 19.9 Å². The molecule has 6 nitrogen and oxygen atoms in total. The molecule has 0 saturated carbocycles. The molecule has 8 heteroatoms. The maximum Gasteiger partial charge on any atom is 0.210 e. The van der Waals surface area contributed by atoms with E-state index < -0.39 is 0 Å². The van der Waals surface area contributed by atoms with Crippen molar-refractivity contribution in [3.05, 3.63) is 59.0 Å². The Labute approximate surface area is 165 Å². The van der Waals surface area contributed by atoms with Gasteiger partial charge in [-0.15, -0.1) is 21.5 Å². The van der Waals surface area contributed by atoms with E-state index in [2.05, 4.69) is 46.8 Å². The van der Waals surface area contributed by atoms with E-state index in [-0.39, 0.29) is 0 Å². The number of benzene rings is 1. The molecule has 0 amide bonds. The van der Waals surface area contributed by atoms with Crippen LogP contribution in [0.4, 0.5) is 0 Å². The van der Waals surface area contributed by atoms with E-state index in [1.807, 2.05) is 13.0 Å². The molecule has 1 aromatic carbocycles. The van der Waals surface area contributed by atoms with Gasteiger partial charge in [0.2, 0.25) is 5.16 Å². The van der Waals surface area contributed by atoms with E-state index in [1.165, 1.54) is 22.0 Å². The molecule has 0 bridgehead atoms. The second-order valence-electron chi connectivity index (χ2n) is 6.05. The first-order valence-corrected chi connectivity index (χ1v) is 10.4. The quantitative estimate of drug-likeness (QED) is 0.380. The Morgan fingerprint density at radius 2 is 2.00 bits per heavy atom. The molecule has 0 radical (unpaired) electrons. The normalized spacial score (nSPS) is 11.2. The second kappa shape index (κ2) is 7.58. The number of aryl methyl sites for hydroxylation is 2. The van der Waals surface area contributed by atoms with Crippen LogP contribution in [0.15, 0.2) is 51.5 Å². The van der Waals surface area contributed by atoms with Crippen molar-refractivity contribution in [3.8, 4) is 22.0 Å². The Morgan fingerprint density at radius 1 is 1.19 bits per heavy atom. The lowest BCUT2D eigenvalue weighted by molar-refractivity contribution is 0.535. The molecule has 3 aromatic heterocycles. The summed E-state index contributed by atoms with van der Waals surface area (Å²) in [4.78, 5) is 4.74. The van der Waals surface area contributed by atoms with Crippen molar-refractivity contribution in [2.75, 3.05) is 5.84 Å². The topological polar surface area (TPSA) is 82.8 Å². The van der Waals surface area contributed by atoms with Crippen molar-refractivity contribution in [2.45, 2.75) is 31.2 Å². The van der Waals surface area contributed by atoms with E-state index in [0.717, 1.165) is 34.0 Å². The largest absolute Gasteiger partial charge is 0.469 e. The summed E-state index contributed by atoms with van der Waals surface area (Å²) in [6.45, 7) is 4.03. The first-order valence-electron chi connectivity index (χ1n) is 8.57. The molecule has 0 unspecified atom stereocenters. The third kappa shape index (κ3) is 3.63. The third-order valence-corrected chi connectivity index (χ3v) is 6.19. The van der Waals surface area contributed by atoms with Gasteiger partial charge in [-0.3, -0.25) is 0 Å². The molecule has 4 rings (SSSR count). The number of nitrogens with two attached hydrogens (primary N) is 1. The van der Waals surface area contributed by atoms with E-state index in [1.54, 1.807) is 17.6 Å². The van der Waals surface area contributed by atoms with Crippen LogP contribution in [0.5, 0.6) is 0 Å². The minimum atomic E-state index is 0.596. The minimum Gasteiger partial charge on any atom is -0.469 e. The number of nitrogen functional groups attached to an aromatic ring is 1.